The summed E-state index contributed by atoms with van der Waals surface area (Å²) in [6, 6.07) is 5.62. The van der Waals surface area contributed by atoms with E-state index in [1.165, 1.54) is 23.1 Å². The average molecular weight is 356 g/mol. The molecule has 1 aromatic rings. The maximum absolute atomic E-state index is 13.5. The Bertz CT molecular complexity index is 721. The van der Waals surface area contributed by atoms with Crippen LogP contribution in [0, 0.1) is 5.82 Å². The number of carbonyl (C=O) groups excluding carboxylic acids is 2. The van der Waals surface area contributed by atoms with E-state index >= 15 is 0 Å². The lowest BCUT2D eigenvalue weighted by molar-refractivity contribution is -0.134. The van der Waals surface area contributed by atoms with Crippen LogP contribution in [0.3, 0.4) is 0 Å². The maximum Gasteiger partial charge on any atom is 0.242 e. The van der Waals surface area contributed by atoms with Gasteiger partial charge in [0.15, 0.2) is 9.84 Å². The van der Waals surface area contributed by atoms with E-state index in [-0.39, 0.29) is 42.0 Å². The van der Waals surface area contributed by atoms with Gasteiger partial charge in [-0.05, 0) is 25.0 Å². The van der Waals surface area contributed by atoms with Crippen LogP contribution >= 0.6 is 0 Å². The molecule has 132 valence electrons. The highest BCUT2D eigenvalue weighted by Crippen LogP contribution is 2.17. The van der Waals surface area contributed by atoms with Gasteiger partial charge < -0.3 is 10.2 Å². The summed E-state index contributed by atoms with van der Waals surface area (Å²) in [5.74, 6) is -1.20. The summed E-state index contributed by atoms with van der Waals surface area (Å²) in [4.78, 5) is 25.6. The van der Waals surface area contributed by atoms with E-state index in [0.29, 0.717) is 13.0 Å². The van der Waals surface area contributed by atoms with Crippen LogP contribution in [-0.2, 0) is 25.8 Å². The number of hydrogen-bond acceptors (Lipinski definition) is 4. The van der Waals surface area contributed by atoms with Gasteiger partial charge in [-0.25, -0.2) is 12.8 Å². The quantitative estimate of drug-likeness (QED) is 0.805. The number of hydrogen-bond donors (Lipinski definition) is 1. The molecule has 2 amide bonds. The number of nitrogens with one attached hydrogen (secondary N) is 1. The summed E-state index contributed by atoms with van der Waals surface area (Å²) in [5, 5.41) is 2.47. The largest absolute Gasteiger partial charge is 0.347 e. The smallest absolute Gasteiger partial charge is 0.242 e. The standard InChI is InChI=1S/C16H21FN2O4S/c1-2-19(13-7-8-24(22,23)11-13)16(21)10-18-15(20)9-12-5-3-4-6-14(12)17/h3-6,13H,2,7-11H2,1H3,(H,18,20). The van der Waals surface area contributed by atoms with Gasteiger partial charge in [-0.1, -0.05) is 18.2 Å². The fourth-order valence-electron chi connectivity index (χ4n) is 2.81. The fraction of sp³-hybridized carbons (Fsp3) is 0.500. The molecule has 1 N–H and O–H groups in total. The van der Waals surface area contributed by atoms with Crippen molar-refractivity contribution in [3.8, 4) is 0 Å². The van der Waals surface area contributed by atoms with Crippen LogP contribution in [0.15, 0.2) is 24.3 Å². The molecule has 1 atom stereocenters. The van der Waals surface area contributed by atoms with E-state index in [1.807, 2.05) is 0 Å². The average Bonchev–Trinajstić information content (AvgIpc) is 2.88. The molecule has 1 heterocycles. The molecule has 1 unspecified atom stereocenters. The molecule has 24 heavy (non-hydrogen) atoms. The summed E-state index contributed by atoms with van der Waals surface area (Å²) >= 11 is 0. The Morgan fingerprint density at radius 2 is 2.04 bits per heavy atom. The van der Waals surface area contributed by atoms with Crippen molar-refractivity contribution < 1.29 is 22.4 Å². The van der Waals surface area contributed by atoms with Gasteiger partial charge in [0.05, 0.1) is 24.5 Å². The first kappa shape index (κ1) is 18.4. The van der Waals surface area contributed by atoms with Crippen molar-refractivity contribution in [2.75, 3.05) is 24.6 Å². The molecule has 0 radical (unpaired) electrons. The maximum atomic E-state index is 13.5. The number of sulfone groups is 1. The van der Waals surface area contributed by atoms with Crippen molar-refractivity contribution in [1.82, 2.24) is 10.2 Å². The third-order valence-corrected chi connectivity index (χ3v) is 5.81. The van der Waals surface area contributed by atoms with E-state index in [2.05, 4.69) is 5.32 Å². The van der Waals surface area contributed by atoms with Crippen molar-refractivity contribution in [2.24, 2.45) is 0 Å². The van der Waals surface area contributed by atoms with Crippen LogP contribution in [0.4, 0.5) is 4.39 Å². The van der Waals surface area contributed by atoms with Crippen molar-refractivity contribution in [3.63, 3.8) is 0 Å². The zero-order valence-corrected chi connectivity index (χ0v) is 14.3. The highest BCUT2D eigenvalue weighted by atomic mass is 32.2. The molecule has 1 saturated heterocycles. The Morgan fingerprint density at radius 1 is 1.33 bits per heavy atom. The first-order valence-electron chi connectivity index (χ1n) is 7.82. The van der Waals surface area contributed by atoms with Crippen LogP contribution in [0.1, 0.15) is 18.9 Å². The second-order valence-electron chi connectivity index (χ2n) is 5.78. The van der Waals surface area contributed by atoms with Gasteiger partial charge in [0.2, 0.25) is 11.8 Å². The summed E-state index contributed by atoms with van der Waals surface area (Å²) in [5.41, 5.74) is 0.261. The molecule has 1 aliphatic rings. The van der Waals surface area contributed by atoms with Crippen LogP contribution < -0.4 is 5.32 Å². The molecule has 0 spiro atoms. The molecule has 0 aromatic heterocycles. The zero-order valence-electron chi connectivity index (χ0n) is 13.5. The van der Waals surface area contributed by atoms with Crippen molar-refractivity contribution in [1.29, 1.82) is 0 Å². The molecule has 0 bridgehead atoms. The number of rotatable bonds is 6. The highest BCUT2D eigenvalue weighted by molar-refractivity contribution is 7.91. The second kappa shape index (κ2) is 7.74. The van der Waals surface area contributed by atoms with Gasteiger partial charge in [-0.2, -0.15) is 0 Å². The van der Waals surface area contributed by atoms with Gasteiger partial charge >= 0.3 is 0 Å². The molecular formula is C16H21FN2O4S. The third-order valence-electron chi connectivity index (χ3n) is 4.06. The molecule has 2 rings (SSSR count). The second-order valence-corrected chi connectivity index (χ2v) is 8.01. The normalized spacial score (nSPS) is 19.0. The highest BCUT2D eigenvalue weighted by Gasteiger charge is 2.33. The summed E-state index contributed by atoms with van der Waals surface area (Å²) in [6.45, 7) is 1.92. The molecule has 8 heteroatoms. The zero-order chi connectivity index (χ0) is 17.7. The summed E-state index contributed by atoms with van der Waals surface area (Å²) in [6.07, 6.45) is 0.273. The molecule has 0 aliphatic carbocycles. The minimum atomic E-state index is -3.08. The van der Waals surface area contributed by atoms with Crippen molar-refractivity contribution in [2.45, 2.75) is 25.8 Å². The molecule has 0 saturated carbocycles. The molecule has 1 aromatic carbocycles. The van der Waals surface area contributed by atoms with Crippen LogP contribution in [0.5, 0.6) is 0 Å². The van der Waals surface area contributed by atoms with Gasteiger partial charge in [-0.15, -0.1) is 0 Å². The van der Waals surface area contributed by atoms with E-state index in [4.69, 9.17) is 0 Å². The minimum Gasteiger partial charge on any atom is -0.347 e. The Kier molecular flexibility index (Phi) is 5.93. The van der Waals surface area contributed by atoms with Gasteiger partial charge in [0.25, 0.3) is 0 Å². The summed E-state index contributed by atoms with van der Waals surface area (Å²) in [7, 11) is -3.08. The van der Waals surface area contributed by atoms with Crippen LogP contribution in [0.25, 0.3) is 0 Å². The Labute approximate surface area is 140 Å². The number of halogens is 1. The Hall–Kier alpha value is -1.96. The predicted molar refractivity (Wildman–Crippen MR) is 87.6 cm³/mol. The lowest BCUT2D eigenvalue weighted by Gasteiger charge is -2.27. The monoisotopic (exact) mass is 356 g/mol. The lowest BCUT2D eigenvalue weighted by atomic mass is 10.1. The molecule has 1 fully saturated rings. The molecular weight excluding hydrogens is 335 g/mol. The predicted octanol–water partition coefficient (Wildman–Crippen LogP) is 0.520. The van der Waals surface area contributed by atoms with E-state index in [1.54, 1.807) is 13.0 Å². The molecule has 1 aliphatic heterocycles. The first-order chi connectivity index (χ1) is 11.3. The van der Waals surface area contributed by atoms with Crippen LogP contribution in [0.2, 0.25) is 0 Å². The molecule has 6 nitrogen and oxygen atoms in total. The van der Waals surface area contributed by atoms with Gasteiger partial charge in [0, 0.05) is 12.6 Å². The van der Waals surface area contributed by atoms with Crippen LogP contribution in [-0.4, -0.2) is 55.8 Å². The topological polar surface area (TPSA) is 83.6 Å². The van der Waals surface area contributed by atoms with Crippen molar-refractivity contribution in [3.05, 3.63) is 35.6 Å². The van der Waals surface area contributed by atoms with Gasteiger partial charge in [0.1, 0.15) is 5.82 Å². The third kappa shape index (κ3) is 4.77. The SMILES string of the molecule is CCN(C(=O)CNC(=O)Cc1ccccc1F)C1CCS(=O)(=O)C1. The van der Waals surface area contributed by atoms with E-state index < -0.39 is 21.6 Å². The summed E-state index contributed by atoms with van der Waals surface area (Å²) < 4.78 is 36.6. The van der Waals surface area contributed by atoms with Gasteiger partial charge in [-0.3, -0.25) is 9.59 Å². The Morgan fingerprint density at radius 3 is 2.62 bits per heavy atom. The minimum absolute atomic E-state index is 0.0320. The first-order valence-corrected chi connectivity index (χ1v) is 9.64. The number of amides is 2. The van der Waals surface area contributed by atoms with E-state index in [9.17, 15) is 22.4 Å². The van der Waals surface area contributed by atoms with Crippen molar-refractivity contribution >= 4 is 21.7 Å². The number of carbonyl (C=O) groups is 2. The number of likely N-dealkylation sites (N-methyl/N-ethyl adjacent to an activating group) is 1. The lowest BCUT2D eigenvalue weighted by Crippen LogP contribution is -2.46. The Balaban J connectivity index is 1.87. The number of nitrogens with zero attached hydrogens (tertiary/aromatic N) is 1. The fourth-order valence-corrected chi connectivity index (χ4v) is 4.54. The van der Waals surface area contributed by atoms with E-state index in [0.717, 1.165) is 0 Å². The number of benzene rings is 1.